The Hall–Kier alpha value is -2.80. The molecule has 7 heteroatoms. The maximum Gasteiger partial charge on any atom is 0.270 e. The molecule has 5 rings (SSSR count). The van der Waals surface area contributed by atoms with Gasteiger partial charge in [-0.25, -0.2) is 0 Å². The monoisotopic (exact) mass is 351 g/mol. The van der Waals surface area contributed by atoms with Gasteiger partial charge in [-0.1, -0.05) is 18.2 Å². The average Bonchev–Trinajstić information content (AvgIpc) is 3.22. The number of fused-ring (bicyclic) bond motifs is 2. The predicted octanol–water partition coefficient (Wildman–Crippen LogP) is 1.96. The number of H-pyrrole nitrogens is 1. The zero-order valence-corrected chi connectivity index (χ0v) is 14.4. The Bertz CT molecular complexity index is 936. The zero-order valence-electron chi connectivity index (χ0n) is 14.4. The summed E-state index contributed by atoms with van der Waals surface area (Å²) in [6, 6.07) is 12.1. The lowest BCUT2D eigenvalue weighted by Crippen LogP contribution is -2.39. The van der Waals surface area contributed by atoms with E-state index in [2.05, 4.69) is 15.4 Å². The number of para-hydroxylation sites is 1. The van der Waals surface area contributed by atoms with E-state index in [1.807, 2.05) is 46.0 Å². The van der Waals surface area contributed by atoms with Gasteiger partial charge in [-0.05, 0) is 25.0 Å². The summed E-state index contributed by atoms with van der Waals surface area (Å²) in [7, 11) is 0. The zero-order chi connectivity index (χ0) is 17.7. The van der Waals surface area contributed by atoms with Gasteiger partial charge in [0.2, 0.25) is 0 Å². The van der Waals surface area contributed by atoms with Gasteiger partial charge >= 0.3 is 0 Å². The third-order valence-corrected chi connectivity index (χ3v) is 5.31. The highest BCUT2D eigenvalue weighted by atomic mass is 16.3. The minimum atomic E-state index is -0.186. The molecular formula is C19H21N5O2. The van der Waals surface area contributed by atoms with E-state index in [9.17, 15) is 9.90 Å². The number of rotatable bonds is 3. The number of aromatic amines is 1. The van der Waals surface area contributed by atoms with Crippen LogP contribution in [0.25, 0.3) is 10.9 Å². The molecule has 0 radical (unpaired) electrons. The highest BCUT2D eigenvalue weighted by Crippen LogP contribution is 2.25. The smallest absolute Gasteiger partial charge is 0.270 e. The van der Waals surface area contributed by atoms with E-state index in [0.29, 0.717) is 31.4 Å². The van der Waals surface area contributed by atoms with Gasteiger partial charge in [-0.3, -0.25) is 9.48 Å². The number of aliphatic hydroxyl groups is 1. The molecule has 7 nitrogen and oxygen atoms in total. The molecule has 0 atom stereocenters. The van der Waals surface area contributed by atoms with Crippen molar-refractivity contribution in [2.75, 3.05) is 11.9 Å². The summed E-state index contributed by atoms with van der Waals surface area (Å²) in [6.45, 7) is 1.89. The van der Waals surface area contributed by atoms with Crippen molar-refractivity contribution in [3.05, 3.63) is 47.8 Å². The van der Waals surface area contributed by atoms with Crippen molar-refractivity contribution in [2.45, 2.75) is 38.1 Å². The molecule has 1 saturated carbocycles. The molecule has 3 heterocycles. The van der Waals surface area contributed by atoms with E-state index < -0.39 is 0 Å². The van der Waals surface area contributed by atoms with Gasteiger partial charge in [0.25, 0.3) is 5.91 Å². The largest absolute Gasteiger partial charge is 0.393 e. The van der Waals surface area contributed by atoms with E-state index >= 15 is 0 Å². The number of carbonyl (C=O) groups excluding carboxylic acids is 1. The fraction of sp³-hybridized carbons (Fsp3) is 0.368. The number of aromatic nitrogens is 3. The first-order chi connectivity index (χ1) is 12.7. The second-order valence-corrected chi connectivity index (χ2v) is 7.21. The molecule has 3 aromatic rings. The fourth-order valence-electron chi connectivity index (χ4n) is 3.78. The maximum atomic E-state index is 12.9. The molecular weight excluding hydrogens is 330 g/mol. The molecule has 0 bridgehead atoms. The summed E-state index contributed by atoms with van der Waals surface area (Å²) in [6.07, 6.45) is 1.36. The molecule has 0 unspecified atom stereocenters. The van der Waals surface area contributed by atoms with Crippen molar-refractivity contribution in [2.24, 2.45) is 0 Å². The molecule has 1 amide bonds. The number of benzene rings is 1. The summed E-state index contributed by atoms with van der Waals surface area (Å²) in [5, 5.41) is 18.4. The Balaban J connectivity index is 1.31. The number of hydrogen-bond acceptors (Lipinski definition) is 4. The molecule has 134 valence electrons. The Morgan fingerprint density at radius 2 is 2.08 bits per heavy atom. The van der Waals surface area contributed by atoms with Gasteiger partial charge in [0.1, 0.15) is 11.5 Å². The van der Waals surface area contributed by atoms with Crippen molar-refractivity contribution in [1.29, 1.82) is 0 Å². The molecule has 1 aliphatic heterocycles. The summed E-state index contributed by atoms with van der Waals surface area (Å²) < 4.78 is 1.96. The number of nitrogens with one attached hydrogen (secondary N) is 2. The number of carbonyl (C=O) groups is 1. The summed E-state index contributed by atoms with van der Waals surface area (Å²) in [5.41, 5.74) is 2.64. The summed E-state index contributed by atoms with van der Waals surface area (Å²) >= 11 is 0. The lowest BCUT2D eigenvalue weighted by molar-refractivity contribution is 0.0701. The quantitative estimate of drug-likeness (QED) is 0.673. The lowest BCUT2D eigenvalue weighted by atomic mass is 9.89. The molecule has 26 heavy (non-hydrogen) atoms. The lowest BCUT2D eigenvalue weighted by Gasteiger charge is -2.31. The Morgan fingerprint density at radius 3 is 2.88 bits per heavy atom. The van der Waals surface area contributed by atoms with Crippen molar-refractivity contribution >= 4 is 22.6 Å². The normalized spacial score (nSPS) is 22.1. The molecule has 1 aromatic carbocycles. The second-order valence-electron chi connectivity index (χ2n) is 7.21. The van der Waals surface area contributed by atoms with Crippen LogP contribution in [0.4, 0.5) is 5.82 Å². The van der Waals surface area contributed by atoms with Crippen LogP contribution >= 0.6 is 0 Å². The topological polar surface area (TPSA) is 86.2 Å². The molecule has 1 fully saturated rings. The maximum absolute atomic E-state index is 12.9. The first-order valence-corrected chi connectivity index (χ1v) is 9.04. The second kappa shape index (κ2) is 5.88. The van der Waals surface area contributed by atoms with E-state index in [1.54, 1.807) is 0 Å². The Kier molecular flexibility index (Phi) is 3.49. The van der Waals surface area contributed by atoms with Crippen molar-refractivity contribution < 1.29 is 9.90 Å². The number of aliphatic hydroxyl groups excluding tert-OH is 1. The minimum Gasteiger partial charge on any atom is -0.393 e. The molecule has 2 aromatic heterocycles. The van der Waals surface area contributed by atoms with Crippen LogP contribution in [-0.2, 0) is 13.1 Å². The average molecular weight is 351 g/mol. The van der Waals surface area contributed by atoms with E-state index in [1.165, 1.54) is 0 Å². The molecule has 1 aliphatic carbocycles. The summed E-state index contributed by atoms with van der Waals surface area (Å²) in [4.78, 5) is 18.0. The Morgan fingerprint density at radius 1 is 1.23 bits per heavy atom. The van der Waals surface area contributed by atoms with Crippen LogP contribution in [0, 0.1) is 0 Å². The fourth-order valence-corrected chi connectivity index (χ4v) is 3.78. The van der Waals surface area contributed by atoms with Crippen molar-refractivity contribution in [3.8, 4) is 0 Å². The SMILES string of the molecule is O=C(c1cc2ccccc2[nH]1)N1CCn2nc(N[C@H]3C[C@H](O)C3)cc2C1. The van der Waals surface area contributed by atoms with Crippen LogP contribution in [0.2, 0.25) is 0 Å². The van der Waals surface area contributed by atoms with Crippen LogP contribution in [-0.4, -0.2) is 49.4 Å². The molecule has 0 spiro atoms. The van der Waals surface area contributed by atoms with Gasteiger partial charge in [0, 0.05) is 29.6 Å². The van der Waals surface area contributed by atoms with Crippen LogP contribution in [0.1, 0.15) is 29.0 Å². The van der Waals surface area contributed by atoms with Gasteiger partial charge in [-0.2, -0.15) is 5.10 Å². The molecule has 3 N–H and O–H groups in total. The predicted molar refractivity (Wildman–Crippen MR) is 97.9 cm³/mol. The highest BCUT2D eigenvalue weighted by Gasteiger charge is 2.29. The first-order valence-electron chi connectivity index (χ1n) is 9.04. The number of anilines is 1. The third-order valence-electron chi connectivity index (χ3n) is 5.31. The summed E-state index contributed by atoms with van der Waals surface area (Å²) in [5.74, 6) is 0.849. The van der Waals surface area contributed by atoms with Gasteiger partial charge < -0.3 is 20.3 Å². The standard InChI is InChI=1S/C19H21N5O2/c25-15-8-13(9-15)20-18-10-14-11-23(5-6-24(14)22-18)19(26)17-7-12-3-1-2-4-16(12)21-17/h1-4,7,10,13,15,21,25H,5-6,8-9,11H2,(H,20,22)/t13-,15-. The third kappa shape index (κ3) is 2.64. The minimum absolute atomic E-state index is 0.0188. The van der Waals surface area contributed by atoms with Crippen LogP contribution < -0.4 is 5.32 Å². The number of hydrogen-bond donors (Lipinski definition) is 3. The van der Waals surface area contributed by atoms with Crippen molar-refractivity contribution in [3.63, 3.8) is 0 Å². The van der Waals surface area contributed by atoms with Gasteiger partial charge in [-0.15, -0.1) is 0 Å². The number of nitrogens with zero attached hydrogens (tertiary/aromatic N) is 3. The molecule has 0 saturated heterocycles. The van der Waals surface area contributed by atoms with E-state index in [4.69, 9.17) is 0 Å². The Labute approximate surface area is 150 Å². The van der Waals surface area contributed by atoms with E-state index in [0.717, 1.165) is 35.3 Å². The van der Waals surface area contributed by atoms with Gasteiger partial charge in [0.05, 0.1) is 24.9 Å². The van der Waals surface area contributed by atoms with Gasteiger partial charge in [0.15, 0.2) is 0 Å². The van der Waals surface area contributed by atoms with E-state index in [-0.39, 0.29) is 12.0 Å². The number of amides is 1. The van der Waals surface area contributed by atoms with Crippen LogP contribution in [0.15, 0.2) is 36.4 Å². The molecule has 2 aliphatic rings. The van der Waals surface area contributed by atoms with Crippen molar-refractivity contribution in [1.82, 2.24) is 19.7 Å². The highest BCUT2D eigenvalue weighted by molar-refractivity contribution is 5.98. The van der Waals surface area contributed by atoms with Crippen LogP contribution in [0.3, 0.4) is 0 Å². The van der Waals surface area contributed by atoms with Crippen LogP contribution in [0.5, 0.6) is 0 Å². The first kappa shape index (κ1) is 15.5.